The lowest BCUT2D eigenvalue weighted by atomic mass is 10.1. The fraction of sp³-hybridized carbons (Fsp3) is 0.862. The van der Waals surface area contributed by atoms with E-state index in [-0.39, 0.29) is 13.0 Å². The number of hydrogen-bond donors (Lipinski definition) is 3. The van der Waals surface area contributed by atoms with Gasteiger partial charge in [-0.3, -0.25) is 4.57 Å². The molecule has 0 bridgehead atoms. The molecule has 0 heterocycles. The first-order valence-electron chi connectivity index (χ1n) is 14.4. The molecule has 0 aromatic heterocycles. The van der Waals surface area contributed by atoms with Crippen LogP contribution in [0.25, 0.3) is 0 Å². The van der Waals surface area contributed by atoms with Crippen LogP contribution in [0, 0.1) is 0 Å². The normalized spacial score (nSPS) is 14.8. The van der Waals surface area contributed by atoms with Crippen molar-refractivity contribution in [2.24, 2.45) is 0 Å². The largest absolute Gasteiger partial charge is 0.373 e. The lowest BCUT2D eigenvalue weighted by molar-refractivity contribution is -0.875. The van der Waals surface area contributed by atoms with Gasteiger partial charge in [0, 0.05) is 0 Å². The number of quaternary nitrogens is 1. The molecule has 0 aliphatic heterocycles. The summed E-state index contributed by atoms with van der Waals surface area (Å²) in [6, 6.07) is 0. The van der Waals surface area contributed by atoms with E-state index < -0.39 is 12.9 Å². The Labute approximate surface area is 217 Å². The van der Waals surface area contributed by atoms with Gasteiger partial charge in [0.15, 0.2) is 0 Å². The van der Waals surface area contributed by atoms with E-state index in [1.165, 1.54) is 77.0 Å². The third-order valence-electron chi connectivity index (χ3n) is 6.52. The molecule has 0 aromatic carbocycles. The third kappa shape index (κ3) is 21.4. The van der Waals surface area contributed by atoms with Crippen LogP contribution >= 0.6 is 7.60 Å². The summed E-state index contributed by atoms with van der Waals surface area (Å²) in [5.41, 5.74) is 0. The summed E-state index contributed by atoms with van der Waals surface area (Å²) in [6.45, 7) is 2.32. The van der Waals surface area contributed by atoms with E-state index in [4.69, 9.17) is 0 Å². The number of allylic oxidation sites excluding steroid dienone is 4. The van der Waals surface area contributed by atoms with Crippen LogP contribution in [0.2, 0.25) is 0 Å². The first-order valence-corrected chi connectivity index (χ1v) is 16.0. The van der Waals surface area contributed by atoms with E-state index in [0.29, 0.717) is 10.9 Å². The molecular weight excluding hydrogens is 457 g/mol. The molecule has 35 heavy (non-hydrogen) atoms. The highest BCUT2D eigenvalue weighted by Crippen LogP contribution is 2.52. The maximum atomic E-state index is 11.8. The summed E-state index contributed by atoms with van der Waals surface area (Å²) < 4.78 is 12.1. The van der Waals surface area contributed by atoms with Crippen molar-refractivity contribution in [1.82, 2.24) is 0 Å². The van der Waals surface area contributed by atoms with Gasteiger partial charge in [0.2, 0.25) is 5.34 Å². The smallest absolute Gasteiger partial charge is 0.362 e. The lowest BCUT2D eigenvalue weighted by Crippen LogP contribution is -2.49. The van der Waals surface area contributed by atoms with Crippen molar-refractivity contribution in [3.05, 3.63) is 24.3 Å². The second-order valence-electron chi connectivity index (χ2n) is 11.4. The van der Waals surface area contributed by atoms with Gasteiger partial charge in [0.25, 0.3) is 0 Å². The van der Waals surface area contributed by atoms with E-state index in [9.17, 15) is 19.5 Å². The molecule has 0 radical (unpaired) electrons. The second kappa shape index (κ2) is 20.6. The summed E-state index contributed by atoms with van der Waals surface area (Å²) in [5.74, 6) is 0. The Morgan fingerprint density at radius 2 is 0.971 bits per heavy atom. The van der Waals surface area contributed by atoms with Gasteiger partial charge in [0.1, 0.15) is 6.54 Å². The van der Waals surface area contributed by atoms with Crippen LogP contribution in [0.4, 0.5) is 0 Å². The topological polar surface area (TPSA) is 77.8 Å². The minimum absolute atomic E-state index is 0.0536. The number of nitrogens with zero attached hydrogens (tertiary/aromatic N) is 1. The van der Waals surface area contributed by atoms with Crippen LogP contribution in [0.1, 0.15) is 129 Å². The maximum Gasteiger partial charge on any atom is 0.362 e. The molecule has 0 saturated carbocycles. The van der Waals surface area contributed by atoms with Crippen molar-refractivity contribution >= 4 is 7.60 Å². The first-order chi connectivity index (χ1) is 16.5. The van der Waals surface area contributed by atoms with Crippen molar-refractivity contribution < 1.29 is 23.9 Å². The average molecular weight is 517 g/mol. The fourth-order valence-corrected chi connectivity index (χ4v) is 5.55. The highest BCUT2D eigenvalue weighted by atomic mass is 31.2. The molecule has 3 N–H and O–H groups in total. The molecule has 1 unspecified atom stereocenters. The van der Waals surface area contributed by atoms with Crippen LogP contribution in [-0.4, -0.2) is 52.4 Å². The summed E-state index contributed by atoms with van der Waals surface area (Å²) >= 11 is 0. The molecular formula is C29H59NO4P+. The van der Waals surface area contributed by atoms with Crippen LogP contribution in [0.5, 0.6) is 0 Å². The number of unbranched alkanes of at least 4 members (excludes halogenated alkanes) is 15. The Bertz CT molecular complexity index is 594. The van der Waals surface area contributed by atoms with Crippen molar-refractivity contribution in [3.8, 4) is 0 Å². The number of hydrogen-bond acceptors (Lipinski definition) is 2. The standard InChI is InChI=1S/C29H58NO4P/c1-5-6-7-8-9-10-11-12-13-14-15-16-17-18-19-20-21-22-23-24-25-26-27-29(31,35(32,33)34)28-30(2,3)4/h12-13,19-20,31H,5-11,14-18,21-28H2,1-4H3,(H-,32,33,34)/p+1/b13-12-,20-19-. The van der Waals surface area contributed by atoms with Crippen LogP contribution in [0.3, 0.4) is 0 Å². The van der Waals surface area contributed by atoms with Crippen molar-refractivity contribution in [1.29, 1.82) is 0 Å². The van der Waals surface area contributed by atoms with Crippen LogP contribution < -0.4 is 0 Å². The highest BCUT2D eigenvalue weighted by Gasteiger charge is 2.48. The molecule has 0 rings (SSSR count). The van der Waals surface area contributed by atoms with E-state index in [0.717, 1.165) is 32.1 Å². The zero-order valence-corrected chi connectivity index (χ0v) is 24.5. The summed E-state index contributed by atoms with van der Waals surface area (Å²) in [5, 5.41) is 8.64. The molecule has 6 heteroatoms. The number of likely N-dealkylation sites (N-methyl/N-ethyl adjacent to an activating group) is 1. The number of rotatable bonds is 24. The Balaban J connectivity index is 3.59. The predicted octanol–water partition coefficient (Wildman–Crippen LogP) is 8.10. The third-order valence-corrected chi connectivity index (χ3v) is 7.97. The Morgan fingerprint density at radius 3 is 1.34 bits per heavy atom. The predicted molar refractivity (Wildman–Crippen MR) is 152 cm³/mol. The Morgan fingerprint density at radius 1 is 0.629 bits per heavy atom. The zero-order chi connectivity index (χ0) is 26.5. The molecule has 1 atom stereocenters. The number of aliphatic hydroxyl groups is 1. The maximum absolute atomic E-state index is 11.8. The average Bonchev–Trinajstić information content (AvgIpc) is 2.75. The van der Waals surface area contributed by atoms with Gasteiger partial charge >= 0.3 is 7.60 Å². The second-order valence-corrected chi connectivity index (χ2v) is 13.3. The van der Waals surface area contributed by atoms with Gasteiger partial charge < -0.3 is 19.4 Å². The van der Waals surface area contributed by atoms with Gasteiger partial charge in [0.05, 0.1) is 21.1 Å². The Kier molecular flexibility index (Phi) is 20.3. The van der Waals surface area contributed by atoms with E-state index in [1.807, 2.05) is 21.1 Å². The molecule has 208 valence electrons. The van der Waals surface area contributed by atoms with E-state index in [2.05, 4.69) is 31.2 Å². The zero-order valence-electron chi connectivity index (χ0n) is 23.6. The van der Waals surface area contributed by atoms with Crippen molar-refractivity contribution in [2.45, 2.75) is 134 Å². The minimum Gasteiger partial charge on any atom is -0.373 e. The molecule has 0 aliphatic carbocycles. The molecule has 0 fully saturated rings. The molecule has 5 nitrogen and oxygen atoms in total. The minimum atomic E-state index is -4.55. The van der Waals surface area contributed by atoms with Crippen molar-refractivity contribution in [2.75, 3.05) is 27.7 Å². The Hall–Kier alpha value is -0.450. The summed E-state index contributed by atoms with van der Waals surface area (Å²) in [4.78, 5) is 19.2. The van der Waals surface area contributed by atoms with E-state index in [1.54, 1.807) is 0 Å². The lowest BCUT2D eigenvalue weighted by Gasteiger charge is -2.35. The van der Waals surface area contributed by atoms with Crippen LogP contribution in [-0.2, 0) is 4.57 Å². The van der Waals surface area contributed by atoms with Gasteiger partial charge in [-0.15, -0.1) is 0 Å². The van der Waals surface area contributed by atoms with Gasteiger partial charge in [-0.1, -0.05) is 89.0 Å². The van der Waals surface area contributed by atoms with Gasteiger partial charge in [-0.05, 0) is 64.2 Å². The summed E-state index contributed by atoms with van der Waals surface area (Å²) in [7, 11) is 0.959. The molecule has 0 spiro atoms. The molecule has 0 amide bonds. The molecule has 0 saturated heterocycles. The molecule has 0 aliphatic rings. The monoisotopic (exact) mass is 516 g/mol. The van der Waals surface area contributed by atoms with Crippen LogP contribution in [0.15, 0.2) is 24.3 Å². The summed E-state index contributed by atoms with van der Waals surface area (Å²) in [6.07, 6.45) is 31.3. The first kappa shape index (κ1) is 34.6. The quantitative estimate of drug-likeness (QED) is 0.0524. The highest BCUT2D eigenvalue weighted by molar-refractivity contribution is 7.53. The molecule has 0 aromatic rings. The van der Waals surface area contributed by atoms with Gasteiger partial charge in [-0.2, -0.15) is 0 Å². The van der Waals surface area contributed by atoms with E-state index >= 15 is 0 Å². The SMILES string of the molecule is CCCCCCCC/C=C\CCCCC/C=C\CCCCCCCC(O)(C[N+](C)(C)C)P(=O)(O)O. The van der Waals surface area contributed by atoms with Gasteiger partial charge in [-0.25, -0.2) is 0 Å². The van der Waals surface area contributed by atoms with Crippen molar-refractivity contribution in [3.63, 3.8) is 0 Å². The fourth-order valence-electron chi connectivity index (χ4n) is 4.49.